The van der Waals surface area contributed by atoms with Gasteiger partial charge in [0, 0.05) is 30.0 Å². The summed E-state index contributed by atoms with van der Waals surface area (Å²) in [4.78, 5) is 15.7. The van der Waals surface area contributed by atoms with Gasteiger partial charge in [0.15, 0.2) is 5.65 Å². The van der Waals surface area contributed by atoms with Gasteiger partial charge in [0.25, 0.3) is 0 Å². The molecule has 1 aromatic carbocycles. The van der Waals surface area contributed by atoms with Crippen molar-refractivity contribution >= 4 is 28.6 Å². The zero-order chi connectivity index (χ0) is 15.6. The molecule has 3 aromatic rings. The number of nitrogens with zero attached hydrogens (tertiary/aromatic N) is 4. The summed E-state index contributed by atoms with van der Waals surface area (Å²) in [6.07, 6.45) is 6.66. The molecule has 1 aliphatic heterocycles. The van der Waals surface area contributed by atoms with Crippen molar-refractivity contribution in [3.63, 3.8) is 0 Å². The Hall–Kier alpha value is -2.20. The van der Waals surface area contributed by atoms with Crippen LogP contribution in [0, 0.1) is 0 Å². The Morgan fingerprint density at radius 1 is 1.09 bits per heavy atom. The van der Waals surface area contributed by atoms with Gasteiger partial charge >= 0.3 is 0 Å². The lowest BCUT2D eigenvalue weighted by molar-refractivity contribution is 0.659. The molecule has 0 amide bonds. The Balaban J connectivity index is 1.62. The first-order valence-corrected chi connectivity index (χ1v) is 8.27. The fourth-order valence-corrected chi connectivity index (χ4v) is 3.48. The van der Waals surface area contributed by atoms with Gasteiger partial charge in [0.2, 0.25) is 0 Å². The highest BCUT2D eigenvalue weighted by Crippen LogP contribution is 2.29. The van der Waals surface area contributed by atoms with Crippen LogP contribution in [0.25, 0.3) is 11.2 Å². The third-order valence-corrected chi connectivity index (χ3v) is 4.77. The lowest BCUT2D eigenvalue weighted by atomic mass is 10.0. The summed E-state index contributed by atoms with van der Waals surface area (Å²) in [6, 6.07) is 12.6. The fraction of sp³-hybridized carbons (Fsp3) is 0.278. The molecule has 116 valence electrons. The number of rotatable bonds is 3. The van der Waals surface area contributed by atoms with E-state index >= 15 is 0 Å². The van der Waals surface area contributed by atoms with Gasteiger partial charge < -0.3 is 4.90 Å². The lowest BCUT2D eigenvalue weighted by Gasteiger charge is -2.26. The predicted octanol–water partition coefficient (Wildman–Crippen LogP) is 3.89. The van der Waals surface area contributed by atoms with Crippen LogP contribution in [0.2, 0.25) is 5.02 Å². The zero-order valence-electron chi connectivity index (χ0n) is 12.7. The maximum Gasteiger partial charge on any atom is 0.180 e. The molecule has 1 saturated heterocycles. The molecule has 0 N–H and O–H groups in total. The lowest BCUT2D eigenvalue weighted by Crippen LogP contribution is -2.31. The summed E-state index contributed by atoms with van der Waals surface area (Å²) in [5, 5.41) is 0.844. The minimum atomic E-state index is 0.427. The van der Waals surface area contributed by atoms with Crippen LogP contribution in [0.3, 0.4) is 0 Å². The van der Waals surface area contributed by atoms with Crippen LogP contribution in [-0.4, -0.2) is 27.5 Å². The molecular formula is C18H17ClN4. The normalized spacial score (nSPS) is 17.8. The van der Waals surface area contributed by atoms with Gasteiger partial charge in [-0.25, -0.2) is 9.97 Å². The molecular weight excluding hydrogens is 308 g/mol. The number of anilines is 1. The summed E-state index contributed by atoms with van der Waals surface area (Å²) in [7, 11) is 0. The number of fused-ring (bicyclic) bond motifs is 1. The summed E-state index contributed by atoms with van der Waals surface area (Å²) in [5.74, 6) is 0.979. The van der Waals surface area contributed by atoms with Gasteiger partial charge in [-0.1, -0.05) is 29.8 Å². The molecule has 1 fully saturated rings. The quantitative estimate of drug-likeness (QED) is 0.733. The number of aromatic nitrogens is 3. The van der Waals surface area contributed by atoms with E-state index in [1.807, 2.05) is 30.3 Å². The Morgan fingerprint density at radius 3 is 2.87 bits per heavy atom. The highest BCUT2D eigenvalue weighted by Gasteiger charge is 2.26. The third kappa shape index (κ3) is 2.86. The minimum absolute atomic E-state index is 0.427. The molecule has 0 spiro atoms. The molecule has 1 unspecified atom stereocenters. The van der Waals surface area contributed by atoms with E-state index in [-0.39, 0.29) is 0 Å². The Labute approximate surface area is 140 Å². The van der Waals surface area contributed by atoms with E-state index in [4.69, 9.17) is 16.6 Å². The summed E-state index contributed by atoms with van der Waals surface area (Å²) >= 11 is 6.32. The van der Waals surface area contributed by atoms with E-state index in [0.717, 1.165) is 35.7 Å². The summed E-state index contributed by atoms with van der Waals surface area (Å²) in [5.41, 5.74) is 2.73. The van der Waals surface area contributed by atoms with Crippen LogP contribution in [-0.2, 0) is 6.42 Å². The molecule has 0 aliphatic carbocycles. The second-order valence-electron chi connectivity index (χ2n) is 5.85. The van der Waals surface area contributed by atoms with Crippen molar-refractivity contribution in [2.75, 3.05) is 11.4 Å². The van der Waals surface area contributed by atoms with E-state index in [1.165, 1.54) is 12.0 Å². The largest absolute Gasteiger partial charge is 0.353 e. The monoisotopic (exact) mass is 324 g/mol. The highest BCUT2D eigenvalue weighted by atomic mass is 35.5. The van der Waals surface area contributed by atoms with Gasteiger partial charge in [-0.3, -0.25) is 4.98 Å². The second-order valence-corrected chi connectivity index (χ2v) is 6.26. The maximum absolute atomic E-state index is 6.32. The molecule has 0 radical (unpaired) electrons. The van der Waals surface area contributed by atoms with Gasteiger partial charge in [0.05, 0.1) is 0 Å². The van der Waals surface area contributed by atoms with Crippen LogP contribution in [0.1, 0.15) is 18.4 Å². The van der Waals surface area contributed by atoms with Crippen molar-refractivity contribution in [1.82, 2.24) is 15.0 Å². The van der Waals surface area contributed by atoms with E-state index in [9.17, 15) is 0 Å². The van der Waals surface area contributed by atoms with Crippen LogP contribution < -0.4 is 4.90 Å². The van der Waals surface area contributed by atoms with Gasteiger partial charge in [-0.05, 0) is 43.0 Å². The molecule has 4 nitrogen and oxygen atoms in total. The number of benzene rings is 1. The van der Waals surface area contributed by atoms with Crippen molar-refractivity contribution in [2.24, 2.45) is 0 Å². The van der Waals surface area contributed by atoms with E-state index in [0.29, 0.717) is 11.7 Å². The molecule has 23 heavy (non-hydrogen) atoms. The first-order chi connectivity index (χ1) is 11.3. The molecule has 4 rings (SSSR count). The maximum atomic E-state index is 6.32. The Kier molecular flexibility index (Phi) is 3.83. The molecule has 0 bridgehead atoms. The molecule has 3 heterocycles. The fourth-order valence-electron chi connectivity index (χ4n) is 3.27. The topological polar surface area (TPSA) is 41.9 Å². The number of halogens is 1. The first-order valence-electron chi connectivity index (χ1n) is 7.89. The average molecular weight is 325 g/mol. The first kappa shape index (κ1) is 14.4. The van der Waals surface area contributed by atoms with Gasteiger partial charge in [-0.2, -0.15) is 0 Å². The smallest absolute Gasteiger partial charge is 0.180 e. The molecule has 1 aliphatic rings. The number of hydrogen-bond acceptors (Lipinski definition) is 4. The summed E-state index contributed by atoms with van der Waals surface area (Å²) in [6.45, 7) is 1.02. The van der Waals surface area contributed by atoms with Crippen molar-refractivity contribution in [3.05, 3.63) is 59.4 Å². The second kappa shape index (κ2) is 6.13. The number of pyridine rings is 1. The standard InChI is InChI=1S/C18H17ClN4/c19-15-6-2-1-4-13(15)12-14-5-3-11-23(14)17-8-7-16-18(22-17)21-10-9-20-16/h1-2,4,6-10,14H,3,5,11-12H2. The van der Waals surface area contributed by atoms with E-state index in [1.54, 1.807) is 12.4 Å². The van der Waals surface area contributed by atoms with Crippen LogP contribution >= 0.6 is 11.6 Å². The Bertz CT molecular complexity index is 836. The number of hydrogen-bond donors (Lipinski definition) is 0. The molecule has 2 aromatic heterocycles. The van der Waals surface area contributed by atoms with Crippen molar-refractivity contribution in [1.29, 1.82) is 0 Å². The van der Waals surface area contributed by atoms with Crippen LogP contribution in [0.4, 0.5) is 5.82 Å². The van der Waals surface area contributed by atoms with Crippen LogP contribution in [0.5, 0.6) is 0 Å². The highest BCUT2D eigenvalue weighted by molar-refractivity contribution is 6.31. The van der Waals surface area contributed by atoms with E-state index in [2.05, 4.69) is 20.9 Å². The van der Waals surface area contributed by atoms with Crippen molar-refractivity contribution < 1.29 is 0 Å². The third-order valence-electron chi connectivity index (χ3n) is 4.40. The zero-order valence-corrected chi connectivity index (χ0v) is 13.4. The Morgan fingerprint density at radius 2 is 1.96 bits per heavy atom. The van der Waals surface area contributed by atoms with Crippen molar-refractivity contribution in [2.45, 2.75) is 25.3 Å². The van der Waals surface area contributed by atoms with Crippen LogP contribution in [0.15, 0.2) is 48.8 Å². The minimum Gasteiger partial charge on any atom is -0.353 e. The molecule has 0 saturated carbocycles. The molecule has 5 heteroatoms. The summed E-state index contributed by atoms with van der Waals surface area (Å²) < 4.78 is 0. The molecule has 1 atom stereocenters. The van der Waals surface area contributed by atoms with E-state index < -0.39 is 0 Å². The SMILES string of the molecule is Clc1ccccc1CC1CCCN1c1ccc2nccnc2n1. The van der Waals surface area contributed by atoms with Gasteiger partial charge in [0.1, 0.15) is 11.3 Å². The average Bonchev–Trinajstić information content (AvgIpc) is 3.05. The van der Waals surface area contributed by atoms with Crippen molar-refractivity contribution in [3.8, 4) is 0 Å². The predicted molar refractivity (Wildman–Crippen MR) is 92.9 cm³/mol. The van der Waals surface area contributed by atoms with Gasteiger partial charge in [-0.15, -0.1) is 0 Å².